The Kier molecular flexibility index (Phi) is 6.24. The van der Waals surface area contributed by atoms with Crippen LogP contribution in [0.4, 0.5) is 0 Å². The molecule has 0 heterocycles. The normalized spacial score (nSPS) is 23.9. The van der Waals surface area contributed by atoms with E-state index in [9.17, 15) is 4.21 Å². The first-order chi connectivity index (χ1) is 9.72. The van der Waals surface area contributed by atoms with Gasteiger partial charge in [0.25, 0.3) is 0 Å². The molecule has 1 aromatic carbocycles. The van der Waals surface area contributed by atoms with Crippen LogP contribution in [0, 0.1) is 12.8 Å². The van der Waals surface area contributed by atoms with E-state index >= 15 is 0 Å². The fraction of sp³-hybridized carbons (Fsp3) is 0.647. The highest BCUT2D eigenvalue weighted by Crippen LogP contribution is 2.29. The standard InChI is InChI=1S/C17H27NOS/c1-3-12-18-16-9-6-8-15(16)11-13-20(19)17-10-5-4-7-14(17)2/h4-5,7,10,15-16,18H,3,6,8-9,11-13H2,1-2H3. The summed E-state index contributed by atoms with van der Waals surface area (Å²) in [5, 5.41) is 3.66. The first-order valence-corrected chi connectivity index (χ1v) is 9.21. The minimum atomic E-state index is -0.839. The second kappa shape index (κ2) is 7.94. The second-order valence-corrected chi connectivity index (χ2v) is 7.39. The van der Waals surface area contributed by atoms with Crippen LogP contribution in [0.1, 0.15) is 44.6 Å². The van der Waals surface area contributed by atoms with Gasteiger partial charge in [0.1, 0.15) is 0 Å². The molecular formula is C17H27NOS. The number of nitrogens with one attached hydrogen (secondary N) is 1. The van der Waals surface area contributed by atoms with Gasteiger partial charge in [-0.1, -0.05) is 31.5 Å². The lowest BCUT2D eigenvalue weighted by molar-refractivity contribution is 0.393. The maximum atomic E-state index is 12.4. The Labute approximate surface area is 125 Å². The summed E-state index contributed by atoms with van der Waals surface area (Å²) < 4.78 is 12.4. The molecule has 1 N–H and O–H groups in total. The van der Waals surface area contributed by atoms with Gasteiger partial charge in [0, 0.05) is 16.7 Å². The van der Waals surface area contributed by atoms with Gasteiger partial charge in [-0.2, -0.15) is 0 Å². The van der Waals surface area contributed by atoms with Crippen molar-refractivity contribution in [2.75, 3.05) is 12.3 Å². The summed E-state index contributed by atoms with van der Waals surface area (Å²) in [6.07, 6.45) is 6.19. The lowest BCUT2D eigenvalue weighted by Gasteiger charge is -2.20. The summed E-state index contributed by atoms with van der Waals surface area (Å²) in [5.41, 5.74) is 1.15. The molecule has 112 valence electrons. The number of hydrogen-bond donors (Lipinski definition) is 1. The lowest BCUT2D eigenvalue weighted by Crippen LogP contribution is -2.33. The summed E-state index contributed by atoms with van der Waals surface area (Å²) in [7, 11) is -0.839. The molecular weight excluding hydrogens is 266 g/mol. The Morgan fingerprint density at radius 3 is 2.85 bits per heavy atom. The molecule has 20 heavy (non-hydrogen) atoms. The molecule has 1 saturated carbocycles. The second-order valence-electron chi connectivity index (χ2n) is 5.86. The Balaban J connectivity index is 1.85. The third-order valence-electron chi connectivity index (χ3n) is 4.33. The Hall–Kier alpha value is -0.670. The molecule has 3 heteroatoms. The number of rotatable bonds is 7. The third kappa shape index (κ3) is 4.16. The SMILES string of the molecule is CCCNC1CCCC1CCS(=O)c1ccccc1C. The van der Waals surface area contributed by atoms with Crippen LogP contribution in [0.2, 0.25) is 0 Å². The summed E-state index contributed by atoms with van der Waals surface area (Å²) in [5.74, 6) is 1.52. The molecule has 3 atom stereocenters. The van der Waals surface area contributed by atoms with Crippen LogP contribution >= 0.6 is 0 Å². The zero-order chi connectivity index (χ0) is 14.4. The van der Waals surface area contributed by atoms with Crippen LogP contribution in [-0.2, 0) is 10.8 Å². The molecule has 1 aliphatic carbocycles. The fourth-order valence-corrected chi connectivity index (χ4v) is 4.56. The average Bonchev–Trinajstić information content (AvgIpc) is 2.90. The van der Waals surface area contributed by atoms with Crippen LogP contribution in [0.3, 0.4) is 0 Å². The minimum Gasteiger partial charge on any atom is -0.314 e. The van der Waals surface area contributed by atoms with Gasteiger partial charge in [0.15, 0.2) is 0 Å². The fourth-order valence-electron chi connectivity index (χ4n) is 3.16. The van der Waals surface area contributed by atoms with E-state index in [-0.39, 0.29) is 0 Å². The molecule has 0 saturated heterocycles. The van der Waals surface area contributed by atoms with E-state index in [1.54, 1.807) is 0 Å². The highest BCUT2D eigenvalue weighted by atomic mass is 32.2. The van der Waals surface area contributed by atoms with Crippen molar-refractivity contribution in [2.45, 2.75) is 56.9 Å². The molecule has 0 aliphatic heterocycles. The molecule has 1 aliphatic rings. The van der Waals surface area contributed by atoms with E-state index in [4.69, 9.17) is 0 Å². The number of hydrogen-bond acceptors (Lipinski definition) is 2. The molecule has 0 bridgehead atoms. The molecule has 0 aromatic heterocycles. The van der Waals surface area contributed by atoms with Crippen molar-refractivity contribution in [1.29, 1.82) is 0 Å². The zero-order valence-corrected chi connectivity index (χ0v) is 13.5. The molecule has 2 rings (SSSR count). The molecule has 3 unspecified atom stereocenters. The van der Waals surface area contributed by atoms with Gasteiger partial charge in [-0.3, -0.25) is 4.21 Å². The van der Waals surface area contributed by atoms with Crippen LogP contribution in [0.15, 0.2) is 29.2 Å². The van der Waals surface area contributed by atoms with Crippen molar-refractivity contribution in [3.8, 4) is 0 Å². The predicted molar refractivity (Wildman–Crippen MR) is 86.5 cm³/mol. The van der Waals surface area contributed by atoms with E-state index in [0.29, 0.717) is 6.04 Å². The third-order valence-corrected chi connectivity index (χ3v) is 5.88. The Morgan fingerprint density at radius 2 is 2.10 bits per heavy atom. The molecule has 2 nitrogen and oxygen atoms in total. The first-order valence-electron chi connectivity index (χ1n) is 7.89. The molecule has 1 fully saturated rings. The van der Waals surface area contributed by atoms with E-state index < -0.39 is 10.8 Å². The topological polar surface area (TPSA) is 29.1 Å². The first kappa shape index (κ1) is 15.7. The van der Waals surface area contributed by atoms with E-state index in [2.05, 4.69) is 25.2 Å². The predicted octanol–water partition coefficient (Wildman–Crippen LogP) is 3.66. The monoisotopic (exact) mass is 293 g/mol. The Bertz CT molecular complexity index is 446. The summed E-state index contributed by atoms with van der Waals surface area (Å²) in [6.45, 7) is 5.38. The van der Waals surface area contributed by atoms with Crippen molar-refractivity contribution < 1.29 is 4.21 Å². The number of benzene rings is 1. The van der Waals surface area contributed by atoms with E-state index in [1.807, 2.05) is 18.2 Å². The smallest absolute Gasteiger partial charge is 0.0532 e. The zero-order valence-electron chi connectivity index (χ0n) is 12.7. The van der Waals surface area contributed by atoms with Crippen LogP contribution in [-0.4, -0.2) is 22.5 Å². The van der Waals surface area contributed by atoms with Gasteiger partial charge >= 0.3 is 0 Å². The average molecular weight is 293 g/mol. The number of aryl methyl sites for hydroxylation is 1. The Morgan fingerprint density at radius 1 is 1.30 bits per heavy atom. The van der Waals surface area contributed by atoms with Crippen LogP contribution in [0.25, 0.3) is 0 Å². The van der Waals surface area contributed by atoms with Crippen LogP contribution in [0.5, 0.6) is 0 Å². The lowest BCUT2D eigenvalue weighted by atomic mass is 10.0. The maximum Gasteiger partial charge on any atom is 0.0532 e. The van der Waals surface area contributed by atoms with Gasteiger partial charge < -0.3 is 5.32 Å². The highest BCUT2D eigenvalue weighted by Gasteiger charge is 2.26. The quantitative estimate of drug-likeness (QED) is 0.831. The van der Waals surface area contributed by atoms with Gasteiger partial charge in [-0.05, 0) is 56.7 Å². The van der Waals surface area contributed by atoms with E-state index in [0.717, 1.165) is 35.1 Å². The summed E-state index contributed by atoms with van der Waals surface area (Å²) in [4.78, 5) is 1.02. The van der Waals surface area contributed by atoms with Gasteiger partial charge in [-0.15, -0.1) is 0 Å². The van der Waals surface area contributed by atoms with Crippen molar-refractivity contribution in [1.82, 2.24) is 5.32 Å². The van der Waals surface area contributed by atoms with Crippen molar-refractivity contribution in [3.63, 3.8) is 0 Å². The molecule has 0 amide bonds. The minimum absolute atomic E-state index is 0.656. The van der Waals surface area contributed by atoms with Crippen LogP contribution < -0.4 is 5.32 Å². The summed E-state index contributed by atoms with van der Waals surface area (Å²) in [6, 6.07) is 8.71. The van der Waals surface area contributed by atoms with E-state index in [1.165, 1.54) is 25.7 Å². The largest absolute Gasteiger partial charge is 0.314 e. The van der Waals surface area contributed by atoms with Crippen molar-refractivity contribution in [3.05, 3.63) is 29.8 Å². The highest BCUT2D eigenvalue weighted by molar-refractivity contribution is 7.85. The van der Waals surface area contributed by atoms with Gasteiger partial charge in [0.2, 0.25) is 0 Å². The molecule has 0 radical (unpaired) electrons. The molecule has 0 spiro atoms. The maximum absolute atomic E-state index is 12.4. The molecule has 1 aromatic rings. The van der Waals surface area contributed by atoms with Crippen molar-refractivity contribution in [2.24, 2.45) is 5.92 Å². The van der Waals surface area contributed by atoms with Gasteiger partial charge in [-0.25, -0.2) is 0 Å². The van der Waals surface area contributed by atoms with Gasteiger partial charge in [0.05, 0.1) is 10.8 Å². The summed E-state index contributed by atoms with van der Waals surface area (Å²) >= 11 is 0. The van der Waals surface area contributed by atoms with Crippen molar-refractivity contribution >= 4 is 10.8 Å².